The lowest BCUT2D eigenvalue weighted by atomic mass is 10.3. The van der Waals surface area contributed by atoms with Crippen LogP contribution in [0.5, 0.6) is 0 Å². The highest BCUT2D eigenvalue weighted by atomic mass is 32.3. The van der Waals surface area contributed by atoms with Crippen molar-refractivity contribution in [3.8, 4) is 0 Å². The zero-order valence-electron chi connectivity index (χ0n) is 13.7. The number of sulfonamides is 2. The molecule has 0 amide bonds. The number of halogens is 6. The second-order valence-corrected chi connectivity index (χ2v) is 9.31. The Morgan fingerprint density at radius 2 is 1.42 bits per heavy atom. The lowest BCUT2D eigenvalue weighted by molar-refractivity contribution is -0.698. The Hall–Kier alpha value is -0.930. The van der Waals surface area contributed by atoms with E-state index in [2.05, 4.69) is 30.8 Å². The van der Waals surface area contributed by atoms with Crippen LogP contribution in [0.15, 0.2) is 5.51 Å². The molecule has 6 nitrogen and oxygen atoms in total. The van der Waals surface area contributed by atoms with Crippen molar-refractivity contribution in [2.24, 2.45) is 0 Å². The van der Waals surface area contributed by atoms with Crippen molar-refractivity contribution in [3.63, 3.8) is 0 Å². The molecule has 26 heavy (non-hydrogen) atoms. The van der Waals surface area contributed by atoms with E-state index in [-0.39, 0.29) is 0 Å². The van der Waals surface area contributed by atoms with Gasteiger partial charge in [-0.25, -0.2) is 16.8 Å². The van der Waals surface area contributed by atoms with Crippen LogP contribution < -0.4 is 4.57 Å². The molecule has 0 aliphatic rings. The quantitative estimate of drug-likeness (QED) is 0.508. The van der Waals surface area contributed by atoms with Gasteiger partial charge in [0.15, 0.2) is 25.7 Å². The summed E-state index contributed by atoms with van der Waals surface area (Å²) in [7, 11) is -13.4. The Kier molecular flexibility index (Phi) is 8.52. The predicted molar refractivity (Wildman–Crippen MR) is 82.2 cm³/mol. The van der Waals surface area contributed by atoms with E-state index in [1.165, 1.54) is 30.0 Å². The summed E-state index contributed by atoms with van der Waals surface area (Å²) in [5.74, 6) is 0. The van der Waals surface area contributed by atoms with Gasteiger partial charge >= 0.3 is 11.0 Å². The Bertz CT molecular complexity index is 755. The molecule has 1 heterocycles. The minimum Gasteiger partial charge on any atom is -0.421 e. The van der Waals surface area contributed by atoms with Crippen LogP contribution in [-0.2, 0) is 26.6 Å². The molecular weight excluding hydrogens is 434 g/mol. The first-order valence-corrected chi connectivity index (χ1v) is 10.5. The molecule has 0 spiro atoms. The topological polar surface area (TPSA) is 86.3 Å². The smallest absolute Gasteiger partial charge is 0.421 e. The summed E-state index contributed by atoms with van der Waals surface area (Å²) in [6, 6.07) is 0. The van der Waals surface area contributed by atoms with Gasteiger partial charge in [-0.05, 0) is 6.92 Å². The van der Waals surface area contributed by atoms with Crippen LogP contribution in [0.3, 0.4) is 0 Å². The van der Waals surface area contributed by atoms with Gasteiger partial charge < -0.3 is 4.13 Å². The summed E-state index contributed by atoms with van der Waals surface area (Å²) < 4.78 is 112. The van der Waals surface area contributed by atoms with Crippen molar-refractivity contribution in [2.45, 2.75) is 51.2 Å². The third-order valence-electron chi connectivity index (χ3n) is 2.83. The van der Waals surface area contributed by atoms with E-state index in [0.29, 0.717) is 0 Å². The van der Waals surface area contributed by atoms with Crippen LogP contribution in [0, 0.1) is 13.8 Å². The predicted octanol–water partition coefficient (Wildman–Crippen LogP) is 3.51. The second kappa shape index (κ2) is 8.84. The molecule has 1 aromatic rings. The fraction of sp³-hybridized carbons (Fsp3) is 0.727. The molecule has 0 saturated heterocycles. The fourth-order valence-corrected chi connectivity index (χ4v) is 3.82. The monoisotopic (exact) mass is 450 g/mol. The number of hydrogen-bond acceptors (Lipinski definition) is 5. The average molecular weight is 450 g/mol. The van der Waals surface area contributed by atoms with Crippen LogP contribution in [0.25, 0.3) is 4.13 Å². The summed E-state index contributed by atoms with van der Waals surface area (Å²) in [5, 5.41) is 0. The van der Waals surface area contributed by atoms with E-state index >= 15 is 0 Å². The highest BCUT2D eigenvalue weighted by Crippen LogP contribution is 2.36. The third kappa shape index (κ3) is 7.00. The van der Waals surface area contributed by atoms with E-state index < -0.39 is 31.1 Å². The summed E-state index contributed by atoms with van der Waals surface area (Å²) in [5.41, 5.74) is -8.75. The number of nitrogens with zero attached hydrogens (tertiary/aromatic N) is 2. The van der Waals surface area contributed by atoms with Gasteiger partial charge in [-0.2, -0.15) is 30.9 Å². The molecule has 154 valence electrons. The molecule has 1 aromatic heterocycles. The average Bonchev–Trinajstić information content (AvgIpc) is 2.73. The molecule has 0 bridgehead atoms. The Balaban J connectivity index is 0.000000502. The summed E-state index contributed by atoms with van der Waals surface area (Å²) in [6.07, 6.45) is 2.57. The first kappa shape index (κ1) is 25.1. The standard InChI is InChI=1S/C9H16NS.C2F6NO4S2/c1-4-5-6-10-7-11-9(3)8(10)2;3-1(4,5)14(10,11)9-15(12,13)2(6,7)8/h7H,4-6H2,1-3H3;/q+1;-1. The van der Waals surface area contributed by atoms with E-state index in [1.54, 1.807) is 0 Å². The molecule has 0 N–H and O–H groups in total. The van der Waals surface area contributed by atoms with E-state index in [1.807, 2.05) is 11.3 Å². The van der Waals surface area contributed by atoms with Crippen molar-refractivity contribution in [1.29, 1.82) is 0 Å². The normalized spacial score (nSPS) is 13.3. The molecule has 0 saturated carbocycles. The van der Waals surface area contributed by atoms with Crippen LogP contribution in [0.4, 0.5) is 26.3 Å². The molecule has 0 aromatic carbocycles. The number of alkyl halides is 6. The molecule has 0 aliphatic carbocycles. The van der Waals surface area contributed by atoms with Crippen molar-refractivity contribution in [1.82, 2.24) is 0 Å². The van der Waals surface area contributed by atoms with Crippen LogP contribution in [0.1, 0.15) is 30.3 Å². The molecule has 15 heteroatoms. The van der Waals surface area contributed by atoms with Crippen molar-refractivity contribution < 1.29 is 47.7 Å². The molecule has 0 aliphatic heterocycles. The maximum absolute atomic E-state index is 11.4. The lowest BCUT2D eigenvalue weighted by Gasteiger charge is -2.22. The van der Waals surface area contributed by atoms with Crippen LogP contribution >= 0.6 is 11.3 Å². The van der Waals surface area contributed by atoms with Crippen molar-refractivity contribution >= 4 is 31.4 Å². The maximum atomic E-state index is 11.4. The minimum atomic E-state index is -6.72. The molecule has 0 atom stereocenters. The lowest BCUT2D eigenvalue weighted by Crippen LogP contribution is -2.34. The molecule has 0 radical (unpaired) electrons. The number of hydrogen-bond donors (Lipinski definition) is 0. The number of aromatic nitrogens is 1. The number of thiazole rings is 1. The summed E-state index contributed by atoms with van der Waals surface area (Å²) >= 11 is 1.84. The summed E-state index contributed by atoms with van der Waals surface area (Å²) in [6.45, 7) is 7.80. The summed E-state index contributed by atoms with van der Waals surface area (Å²) in [4.78, 5) is 1.45. The van der Waals surface area contributed by atoms with Gasteiger partial charge in [0, 0.05) is 13.3 Å². The Morgan fingerprint density at radius 3 is 1.69 bits per heavy atom. The first-order valence-electron chi connectivity index (χ1n) is 6.77. The molecule has 0 fully saturated rings. The zero-order chi connectivity index (χ0) is 21.0. The molecule has 1 rings (SSSR count). The van der Waals surface area contributed by atoms with Gasteiger partial charge in [0.25, 0.3) is 0 Å². The second-order valence-electron chi connectivity index (χ2n) is 4.83. The number of rotatable bonds is 5. The SMILES string of the molecule is CCCC[n+]1csc(C)c1C.O=S(=O)([N-]S(=O)(=O)C(F)(F)F)C(F)(F)F. The van der Waals surface area contributed by atoms with Gasteiger partial charge in [-0.1, -0.05) is 24.7 Å². The van der Waals surface area contributed by atoms with Crippen LogP contribution in [-0.4, -0.2) is 27.9 Å². The van der Waals surface area contributed by atoms with Crippen molar-refractivity contribution in [2.75, 3.05) is 0 Å². The minimum absolute atomic E-state index is 0.778. The van der Waals surface area contributed by atoms with Gasteiger partial charge in [-0.15, -0.1) is 0 Å². The molecule has 0 unspecified atom stereocenters. The number of aryl methyl sites for hydroxylation is 2. The Morgan fingerprint density at radius 1 is 1.00 bits per heavy atom. The highest BCUT2D eigenvalue weighted by molar-refractivity contribution is 8.13. The third-order valence-corrected chi connectivity index (χ3v) is 6.58. The van der Waals surface area contributed by atoms with Gasteiger partial charge in [0.1, 0.15) is 6.54 Å². The van der Waals surface area contributed by atoms with Gasteiger partial charge in [-0.3, -0.25) is 0 Å². The van der Waals surface area contributed by atoms with Gasteiger partial charge in [0.2, 0.25) is 5.51 Å². The largest absolute Gasteiger partial charge is 0.480 e. The number of unbranched alkanes of at least 4 members (excludes halogenated alkanes) is 1. The van der Waals surface area contributed by atoms with Crippen LogP contribution in [0.2, 0.25) is 0 Å². The van der Waals surface area contributed by atoms with Crippen molar-refractivity contribution in [3.05, 3.63) is 20.2 Å². The van der Waals surface area contributed by atoms with E-state index in [9.17, 15) is 43.2 Å². The first-order chi connectivity index (χ1) is 11.5. The van der Waals surface area contributed by atoms with E-state index in [0.717, 1.165) is 4.13 Å². The fourth-order valence-electron chi connectivity index (χ4n) is 1.27. The Labute approximate surface area is 150 Å². The zero-order valence-corrected chi connectivity index (χ0v) is 16.2. The van der Waals surface area contributed by atoms with Gasteiger partial charge in [0.05, 0.1) is 4.88 Å². The van der Waals surface area contributed by atoms with E-state index in [4.69, 9.17) is 0 Å². The highest BCUT2D eigenvalue weighted by Gasteiger charge is 2.46. The molecular formula is C11H16F6N2O4S3. The maximum Gasteiger partial charge on any atom is 0.480 e.